The van der Waals surface area contributed by atoms with E-state index in [0.29, 0.717) is 12.6 Å². The molecule has 0 aromatic heterocycles. The Morgan fingerprint density at radius 1 is 1.06 bits per heavy atom. The number of nitrogens with zero attached hydrogens (tertiary/aromatic N) is 2. The quantitative estimate of drug-likeness (QED) is 0.722. The van der Waals surface area contributed by atoms with Crippen LogP contribution in [-0.4, -0.2) is 63.9 Å². The normalized spacial score (nSPS) is 24.5. The minimum Gasteiger partial charge on any atom is -0.395 e. The Balaban J connectivity index is 1.53. The zero-order valence-corrected chi connectivity index (χ0v) is 19.0. The molecule has 0 saturated carbocycles. The zero-order valence-electron chi connectivity index (χ0n) is 19.0. The highest BCUT2D eigenvalue weighted by molar-refractivity contribution is 5.40. The molecule has 2 heterocycles. The number of halogens is 1. The van der Waals surface area contributed by atoms with Crippen LogP contribution >= 0.6 is 0 Å². The average Bonchev–Trinajstić information content (AvgIpc) is 2.74. The van der Waals surface area contributed by atoms with Crippen molar-refractivity contribution in [2.75, 3.05) is 26.2 Å². The second-order valence-electron chi connectivity index (χ2n) is 9.55. The minimum atomic E-state index is -1.02. The fraction of sp³-hybridized carbons (Fsp3) is 0.481. The van der Waals surface area contributed by atoms with Gasteiger partial charge in [0.2, 0.25) is 0 Å². The van der Waals surface area contributed by atoms with Gasteiger partial charge < -0.3 is 10.2 Å². The van der Waals surface area contributed by atoms with E-state index in [1.807, 2.05) is 24.3 Å². The molecule has 2 N–H and O–H groups in total. The van der Waals surface area contributed by atoms with E-state index in [-0.39, 0.29) is 24.4 Å². The summed E-state index contributed by atoms with van der Waals surface area (Å²) in [6.45, 7) is 6.90. The third-order valence-electron chi connectivity index (χ3n) is 6.61. The Morgan fingerprint density at radius 2 is 1.78 bits per heavy atom. The number of aliphatic hydroxyl groups is 2. The molecule has 170 valence electrons. The van der Waals surface area contributed by atoms with E-state index in [4.69, 9.17) is 0 Å². The second kappa shape index (κ2) is 9.72. The Kier molecular flexibility index (Phi) is 6.97. The molecular weight excluding hydrogens is 403 g/mol. The number of hydrogen-bond acceptors (Lipinski definition) is 4. The predicted octanol–water partition coefficient (Wildman–Crippen LogP) is 3.37. The highest BCUT2D eigenvalue weighted by Crippen LogP contribution is 2.42. The van der Waals surface area contributed by atoms with Gasteiger partial charge in [0, 0.05) is 42.2 Å². The summed E-state index contributed by atoms with van der Waals surface area (Å²) in [5.41, 5.74) is 1.79. The van der Waals surface area contributed by atoms with Gasteiger partial charge in [-0.05, 0) is 63.5 Å². The fourth-order valence-electron chi connectivity index (χ4n) is 5.04. The molecule has 3 atom stereocenters. The molecule has 4 rings (SSSR count). The standard InChI is InChI=1S/C27H33FN2O2/c1-27(2,32)14-13-20-9-11-21(12-10-20)26-24-18-29(17-22-7-3-4-8-23(22)28)15-5-6-16-30(24)25(26)19-31/h3-4,7-12,24-26,31-32H,5-6,15-19H2,1-2H3/t24-,25+,26-/m1/s1. The van der Waals surface area contributed by atoms with Crippen LogP contribution in [0, 0.1) is 17.7 Å². The maximum absolute atomic E-state index is 14.2. The van der Waals surface area contributed by atoms with Crippen LogP contribution < -0.4 is 0 Å². The van der Waals surface area contributed by atoms with Gasteiger partial charge >= 0.3 is 0 Å². The highest BCUT2D eigenvalue weighted by Gasteiger charge is 2.49. The lowest BCUT2D eigenvalue weighted by atomic mass is 9.74. The highest BCUT2D eigenvalue weighted by atomic mass is 19.1. The summed E-state index contributed by atoms with van der Waals surface area (Å²) in [5.74, 6) is 5.96. The molecule has 0 aliphatic carbocycles. The third-order valence-corrected chi connectivity index (χ3v) is 6.61. The van der Waals surface area contributed by atoms with Crippen LogP contribution in [0.3, 0.4) is 0 Å². The van der Waals surface area contributed by atoms with Crippen molar-refractivity contribution in [2.45, 2.75) is 56.8 Å². The second-order valence-corrected chi connectivity index (χ2v) is 9.55. The van der Waals surface area contributed by atoms with E-state index in [1.165, 1.54) is 11.6 Å². The zero-order chi connectivity index (χ0) is 22.7. The molecule has 2 aliphatic rings. The summed E-state index contributed by atoms with van der Waals surface area (Å²) in [6.07, 6.45) is 2.16. The van der Waals surface area contributed by atoms with Crippen LogP contribution in [-0.2, 0) is 6.54 Å². The van der Waals surface area contributed by atoms with Gasteiger partial charge in [-0.3, -0.25) is 9.80 Å². The van der Waals surface area contributed by atoms with Gasteiger partial charge in [0.15, 0.2) is 0 Å². The van der Waals surface area contributed by atoms with Gasteiger partial charge in [0.05, 0.1) is 6.61 Å². The molecule has 0 amide bonds. The van der Waals surface area contributed by atoms with Crippen molar-refractivity contribution in [2.24, 2.45) is 0 Å². The Bertz CT molecular complexity index is 974. The summed E-state index contributed by atoms with van der Waals surface area (Å²) >= 11 is 0. The van der Waals surface area contributed by atoms with Gasteiger partial charge in [-0.25, -0.2) is 4.39 Å². The topological polar surface area (TPSA) is 46.9 Å². The Labute approximate surface area is 190 Å². The molecule has 5 heteroatoms. The molecule has 2 fully saturated rings. The number of fused-ring (bicyclic) bond motifs is 1. The van der Waals surface area contributed by atoms with Gasteiger partial charge in [-0.15, -0.1) is 0 Å². The van der Waals surface area contributed by atoms with E-state index in [0.717, 1.165) is 43.6 Å². The summed E-state index contributed by atoms with van der Waals surface area (Å²) in [7, 11) is 0. The maximum atomic E-state index is 14.2. The summed E-state index contributed by atoms with van der Waals surface area (Å²) < 4.78 is 14.2. The van der Waals surface area contributed by atoms with Crippen molar-refractivity contribution in [3.63, 3.8) is 0 Å². The van der Waals surface area contributed by atoms with Crippen LogP contribution in [0.2, 0.25) is 0 Å². The van der Waals surface area contributed by atoms with Crippen LogP contribution in [0.5, 0.6) is 0 Å². The Morgan fingerprint density at radius 3 is 2.47 bits per heavy atom. The lowest BCUT2D eigenvalue weighted by molar-refractivity contribution is -0.0656. The molecular formula is C27H33FN2O2. The molecule has 32 heavy (non-hydrogen) atoms. The predicted molar refractivity (Wildman–Crippen MR) is 125 cm³/mol. The first-order valence-electron chi connectivity index (χ1n) is 11.5. The molecule has 2 aromatic carbocycles. The van der Waals surface area contributed by atoms with Crippen LogP contribution in [0.25, 0.3) is 0 Å². The molecule has 0 spiro atoms. The number of rotatable bonds is 4. The van der Waals surface area contributed by atoms with Gasteiger partial charge in [-0.1, -0.05) is 42.2 Å². The summed E-state index contributed by atoms with van der Waals surface area (Å²) in [6, 6.07) is 15.6. The first kappa shape index (κ1) is 22.9. The molecule has 0 unspecified atom stereocenters. The molecule has 4 nitrogen and oxygen atoms in total. The fourth-order valence-corrected chi connectivity index (χ4v) is 5.04. The lowest BCUT2D eigenvalue weighted by Gasteiger charge is -2.57. The molecule has 2 aliphatic heterocycles. The summed E-state index contributed by atoms with van der Waals surface area (Å²) in [4.78, 5) is 4.79. The minimum absolute atomic E-state index is 0.113. The van der Waals surface area contributed by atoms with Crippen molar-refractivity contribution >= 4 is 0 Å². The van der Waals surface area contributed by atoms with Gasteiger partial charge in [0.25, 0.3) is 0 Å². The summed E-state index contributed by atoms with van der Waals surface area (Å²) in [5, 5.41) is 20.0. The van der Waals surface area contributed by atoms with E-state index in [9.17, 15) is 14.6 Å². The van der Waals surface area contributed by atoms with E-state index < -0.39 is 5.60 Å². The number of benzene rings is 2. The molecule has 0 bridgehead atoms. The van der Waals surface area contributed by atoms with E-state index >= 15 is 0 Å². The average molecular weight is 437 g/mol. The molecule has 0 radical (unpaired) electrons. The van der Waals surface area contributed by atoms with E-state index in [2.05, 4.69) is 33.8 Å². The van der Waals surface area contributed by atoms with Crippen LogP contribution in [0.4, 0.5) is 4.39 Å². The van der Waals surface area contributed by atoms with Gasteiger partial charge in [0.1, 0.15) is 11.4 Å². The maximum Gasteiger partial charge on any atom is 0.127 e. The van der Waals surface area contributed by atoms with Crippen LogP contribution in [0.15, 0.2) is 48.5 Å². The van der Waals surface area contributed by atoms with E-state index in [1.54, 1.807) is 19.9 Å². The molecule has 2 aromatic rings. The number of hydrogen-bond donors (Lipinski definition) is 2. The molecule has 2 saturated heterocycles. The lowest BCUT2D eigenvalue weighted by Crippen LogP contribution is -2.67. The van der Waals surface area contributed by atoms with Gasteiger partial charge in [-0.2, -0.15) is 0 Å². The van der Waals surface area contributed by atoms with Crippen molar-refractivity contribution in [1.82, 2.24) is 9.80 Å². The SMILES string of the molecule is CC(C)(O)C#Cc1ccc([C@@H]2[C@H]3CN(Cc4ccccc4F)CCCCN3[C@H]2CO)cc1. The number of aliphatic hydroxyl groups excluding tert-OH is 1. The van der Waals surface area contributed by atoms with Crippen molar-refractivity contribution in [3.8, 4) is 11.8 Å². The first-order chi connectivity index (χ1) is 15.4. The van der Waals surface area contributed by atoms with Crippen molar-refractivity contribution in [3.05, 3.63) is 71.0 Å². The smallest absolute Gasteiger partial charge is 0.127 e. The van der Waals surface area contributed by atoms with Crippen molar-refractivity contribution in [1.29, 1.82) is 0 Å². The first-order valence-corrected chi connectivity index (χ1v) is 11.5. The monoisotopic (exact) mass is 436 g/mol. The largest absolute Gasteiger partial charge is 0.395 e. The third kappa shape index (κ3) is 5.22. The van der Waals surface area contributed by atoms with Crippen molar-refractivity contribution < 1.29 is 14.6 Å². The Hall–Kier alpha value is -2.23. The van der Waals surface area contributed by atoms with Crippen LogP contribution in [0.1, 0.15) is 49.3 Å².